The number of furan rings is 2. The van der Waals surface area contributed by atoms with Gasteiger partial charge in [0, 0.05) is 43.6 Å². The molecule has 0 atom stereocenters. The van der Waals surface area contributed by atoms with Gasteiger partial charge in [0.2, 0.25) is 0 Å². The molecule has 0 bridgehead atoms. The molecule has 0 aliphatic carbocycles. The molecule has 5 heteroatoms. The van der Waals surface area contributed by atoms with Crippen molar-refractivity contribution in [1.82, 2.24) is 15.0 Å². The van der Waals surface area contributed by atoms with Gasteiger partial charge < -0.3 is 8.83 Å². The predicted octanol–water partition coefficient (Wildman–Crippen LogP) is 13.1. The van der Waals surface area contributed by atoms with Crippen molar-refractivity contribution in [2.45, 2.75) is 6.92 Å². The first-order valence-electron chi connectivity index (χ1n) is 17.7. The van der Waals surface area contributed by atoms with E-state index in [4.69, 9.17) is 23.8 Å². The van der Waals surface area contributed by atoms with Crippen LogP contribution in [-0.4, -0.2) is 15.0 Å². The molecule has 53 heavy (non-hydrogen) atoms. The van der Waals surface area contributed by atoms with Crippen LogP contribution in [0.4, 0.5) is 0 Å². The van der Waals surface area contributed by atoms with E-state index in [0.29, 0.717) is 17.5 Å². The van der Waals surface area contributed by atoms with E-state index >= 15 is 0 Å². The molecule has 0 N–H and O–H groups in total. The smallest absolute Gasteiger partial charge is 0.164 e. The molecule has 0 unspecified atom stereocenters. The summed E-state index contributed by atoms with van der Waals surface area (Å²) in [6.45, 7) is 5.86. The van der Waals surface area contributed by atoms with Crippen LogP contribution in [0.1, 0.15) is 12.7 Å². The molecule has 3 heterocycles. The van der Waals surface area contributed by atoms with Crippen molar-refractivity contribution in [2.75, 3.05) is 0 Å². The molecule has 10 aromatic rings. The quantitative estimate of drug-likeness (QED) is 0.163. The number of nitrogens with zero attached hydrogens (tertiary/aromatic N) is 3. The van der Waals surface area contributed by atoms with Crippen LogP contribution in [0.15, 0.2) is 173 Å². The number of aromatic nitrogens is 3. The highest BCUT2D eigenvalue weighted by Crippen LogP contribution is 2.46. The minimum absolute atomic E-state index is 0.560. The largest absolute Gasteiger partial charge is 0.456 e. The number of fused-ring (bicyclic) bond motifs is 9. The Bertz CT molecular complexity index is 3160. The van der Waals surface area contributed by atoms with Crippen molar-refractivity contribution < 1.29 is 8.83 Å². The lowest BCUT2D eigenvalue weighted by atomic mass is 9.92. The molecule has 0 spiro atoms. The second-order valence-corrected chi connectivity index (χ2v) is 13.1. The van der Waals surface area contributed by atoms with Crippen LogP contribution >= 0.6 is 0 Å². The molecule has 5 nitrogen and oxygen atoms in total. The number of para-hydroxylation sites is 1. The van der Waals surface area contributed by atoms with Crippen molar-refractivity contribution in [3.63, 3.8) is 0 Å². The van der Waals surface area contributed by atoms with E-state index in [0.717, 1.165) is 93.2 Å². The monoisotopic (exact) mass is 681 g/mol. The van der Waals surface area contributed by atoms with E-state index in [1.54, 1.807) is 6.08 Å². The van der Waals surface area contributed by atoms with Crippen LogP contribution in [0.2, 0.25) is 0 Å². The molecule has 10 rings (SSSR count). The van der Waals surface area contributed by atoms with E-state index in [1.165, 1.54) is 0 Å². The third kappa shape index (κ3) is 4.97. The molecule has 0 aliphatic heterocycles. The Labute approximate surface area is 304 Å². The minimum Gasteiger partial charge on any atom is -0.456 e. The Morgan fingerprint density at radius 3 is 2.04 bits per heavy atom. The van der Waals surface area contributed by atoms with Gasteiger partial charge in [-0.1, -0.05) is 134 Å². The highest BCUT2D eigenvalue weighted by Gasteiger charge is 2.23. The molecule has 7 aromatic carbocycles. The number of rotatable bonds is 6. The van der Waals surface area contributed by atoms with Gasteiger partial charge in [0.15, 0.2) is 17.5 Å². The van der Waals surface area contributed by atoms with Gasteiger partial charge in [0.1, 0.15) is 22.3 Å². The summed E-state index contributed by atoms with van der Waals surface area (Å²) in [5.74, 6) is 1.73. The van der Waals surface area contributed by atoms with Crippen LogP contribution in [0.5, 0.6) is 0 Å². The highest BCUT2D eigenvalue weighted by molar-refractivity contribution is 6.25. The van der Waals surface area contributed by atoms with Gasteiger partial charge in [-0.25, -0.2) is 15.0 Å². The molecule has 0 fully saturated rings. The molecule has 0 aliphatic rings. The van der Waals surface area contributed by atoms with E-state index in [2.05, 4.69) is 97.6 Å². The van der Waals surface area contributed by atoms with Gasteiger partial charge in [0.25, 0.3) is 0 Å². The fourth-order valence-corrected chi connectivity index (χ4v) is 7.60. The lowest BCUT2D eigenvalue weighted by Gasteiger charge is -2.12. The van der Waals surface area contributed by atoms with E-state index in [-0.39, 0.29) is 0 Å². The third-order valence-electron chi connectivity index (χ3n) is 10.0. The summed E-state index contributed by atoms with van der Waals surface area (Å²) >= 11 is 0. The summed E-state index contributed by atoms with van der Waals surface area (Å²) in [4.78, 5) is 15.4. The van der Waals surface area contributed by atoms with Crippen LogP contribution in [0.25, 0.3) is 105 Å². The summed E-state index contributed by atoms with van der Waals surface area (Å²) in [5, 5.41) is 8.54. The zero-order valence-electron chi connectivity index (χ0n) is 28.9. The molecular formula is C48H31N3O2. The average Bonchev–Trinajstić information content (AvgIpc) is 3.80. The normalized spacial score (nSPS) is 12.4. The maximum atomic E-state index is 6.63. The fourth-order valence-electron chi connectivity index (χ4n) is 7.60. The zero-order valence-corrected chi connectivity index (χ0v) is 28.9. The van der Waals surface area contributed by atoms with Gasteiger partial charge in [-0.2, -0.15) is 0 Å². The lowest BCUT2D eigenvalue weighted by molar-refractivity contribution is 0.669. The number of allylic oxidation sites excluding steroid dienone is 5. The maximum absolute atomic E-state index is 6.63. The van der Waals surface area contributed by atoms with Crippen molar-refractivity contribution in [1.29, 1.82) is 0 Å². The summed E-state index contributed by atoms with van der Waals surface area (Å²) in [5.41, 5.74) is 8.02. The fraction of sp³-hybridized carbons (Fsp3) is 0.0208. The lowest BCUT2D eigenvalue weighted by Crippen LogP contribution is -2.02. The first kappa shape index (κ1) is 30.7. The van der Waals surface area contributed by atoms with Crippen molar-refractivity contribution in [3.05, 3.63) is 170 Å². The first-order chi connectivity index (χ1) is 26.2. The summed E-state index contributed by atoms with van der Waals surface area (Å²) in [6.07, 6.45) is 7.63. The SMILES string of the molecule is C=C/C=C\C(=C/C)c1nc(-c2ccc3ccccc3c2)nc(-c2cccc3oc4cccc(-c5cc6ccccc6c6oc7ccccc7c56)c4c23)n1. The Hall–Kier alpha value is -7.11. The van der Waals surface area contributed by atoms with Crippen molar-refractivity contribution >= 4 is 71.0 Å². The molecule has 3 aromatic heterocycles. The molecule has 0 radical (unpaired) electrons. The molecule has 0 amide bonds. The van der Waals surface area contributed by atoms with Crippen LogP contribution in [0, 0.1) is 0 Å². The van der Waals surface area contributed by atoms with Gasteiger partial charge in [-0.05, 0) is 64.5 Å². The zero-order chi connectivity index (χ0) is 35.5. The van der Waals surface area contributed by atoms with E-state index in [1.807, 2.05) is 67.6 Å². The van der Waals surface area contributed by atoms with Gasteiger partial charge in [-0.15, -0.1) is 0 Å². The van der Waals surface area contributed by atoms with E-state index < -0.39 is 0 Å². The van der Waals surface area contributed by atoms with Gasteiger partial charge in [-0.3, -0.25) is 0 Å². The molecule has 0 saturated carbocycles. The number of hydrogen-bond acceptors (Lipinski definition) is 5. The molecule has 250 valence electrons. The van der Waals surface area contributed by atoms with Crippen molar-refractivity contribution in [2.24, 2.45) is 0 Å². The molecule has 0 saturated heterocycles. The predicted molar refractivity (Wildman–Crippen MR) is 219 cm³/mol. The van der Waals surface area contributed by atoms with Gasteiger partial charge in [0.05, 0.1) is 0 Å². The van der Waals surface area contributed by atoms with Crippen LogP contribution < -0.4 is 0 Å². The van der Waals surface area contributed by atoms with E-state index in [9.17, 15) is 0 Å². The summed E-state index contributed by atoms with van der Waals surface area (Å²) in [6, 6.07) is 46.0. The summed E-state index contributed by atoms with van der Waals surface area (Å²) < 4.78 is 13.2. The van der Waals surface area contributed by atoms with Crippen molar-refractivity contribution in [3.8, 4) is 33.9 Å². The summed E-state index contributed by atoms with van der Waals surface area (Å²) in [7, 11) is 0. The Balaban J connectivity index is 1.28. The average molecular weight is 682 g/mol. The second-order valence-electron chi connectivity index (χ2n) is 13.1. The number of hydrogen-bond donors (Lipinski definition) is 0. The van der Waals surface area contributed by atoms with Crippen LogP contribution in [-0.2, 0) is 0 Å². The first-order valence-corrected chi connectivity index (χ1v) is 17.7. The number of benzene rings is 7. The Kier molecular flexibility index (Phi) is 7.12. The molecular weight excluding hydrogens is 651 g/mol. The standard InChI is InChI=1S/C48H31N3O2/c1-3-5-14-29(4-2)46-49-47(33-26-25-30-15-6-7-16-31(30)27-33)51-48(50-46)37-21-13-24-41-44(37)43-35(20-12-23-40(43)52-41)38-28-32-17-8-9-18-34(32)45-42(38)36-19-10-11-22-39(36)53-45/h3-28H,1H2,2H3/b14-5-,29-4+. The highest BCUT2D eigenvalue weighted by atomic mass is 16.3. The van der Waals surface area contributed by atoms with Crippen LogP contribution in [0.3, 0.4) is 0 Å². The topological polar surface area (TPSA) is 65.0 Å². The Morgan fingerprint density at radius 2 is 1.23 bits per heavy atom. The maximum Gasteiger partial charge on any atom is 0.164 e. The van der Waals surface area contributed by atoms with Gasteiger partial charge >= 0.3 is 0 Å². The Morgan fingerprint density at radius 1 is 0.547 bits per heavy atom. The third-order valence-corrected chi connectivity index (χ3v) is 10.0. The minimum atomic E-state index is 0.560. The second kappa shape index (κ2) is 12.3.